The van der Waals surface area contributed by atoms with Crippen molar-refractivity contribution in [1.82, 2.24) is 0 Å². The van der Waals surface area contributed by atoms with Gasteiger partial charge in [-0.3, -0.25) is 4.99 Å². The smallest absolute Gasteiger partial charge is 0.156 e. The normalized spacial score (nSPS) is 14.3. The largest absolute Gasteiger partial charge is 0.387 e. The number of amidine groups is 2. The fourth-order valence-electron chi connectivity index (χ4n) is 1.55. The first-order chi connectivity index (χ1) is 8.29. The molecule has 1 heterocycles. The van der Waals surface area contributed by atoms with Crippen LogP contribution in [0.5, 0.6) is 0 Å². The van der Waals surface area contributed by atoms with Crippen LogP contribution in [0.25, 0.3) is 0 Å². The Morgan fingerprint density at radius 1 is 1.18 bits per heavy atom. The van der Waals surface area contributed by atoms with Crippen LogP contribution < -0.4 is 5.73 Å². The molecule has 1 aliphatic heterocycles. The van der Waals surface area contributed by atoms with Crippen LogP contribution in [0.15, 0.2) is 34.3 Å². The molecule has 0 radical (unpaired) electrons. The van der Waals surface area contributed by atoms with E-state index in [9.17, 15) is 0 Å². The Balaban J connectivity index is 0.000000686. The molecule has 2 N–H and O–H groups in total. The van der Waals surface area contributed by atoms with Gasteiger partial charge in [0.15, 0.2) is 5.84 Å². The number of nitrogens with two attached hydrogens (primary N) is 1. The number of aliphatic imine (C=N–C) groups is 2. The summed E-state index contributed by atoms with van der Waals surface area (Å²) >= 11 is 0. The first-order valence-corrected chi connectivity index (χ1v) is 6.26. The highest BCUT2D eigenvalue weighted by molar-refractivity contribution is 6.07. The molecule has 3 nitrogen and oxygen atoms in total. The first kappa shape index (κ1) is 13.4. The topological polar surface area (TPSA) is 50.7 Å². The summed E-state index contributed by atoms with van der Waals surface area (Å²) in [6, 6.07) is 8.33. The van der Waals surface area contributed by atoms with E-state index in [-0.39, 0.29) is 0 Å². The molecule has 3 heteroatoms. The highest BCUT2D eigenvalue weighted by Crippen LogP contribution is 2.09. The standard InChI is InChI=1S/C12H15N3.C2H6/c1-2-9-3-5-10(6-4-9)12-14-8-7-11(13)15-12;1-2/h3-6H,2,7-8H2,1H3,(H2,13,14,15);1-2H3. The molecule has 0 amide bonds. The third kappa shape index (κ3) is 3.70. The van der Waals surface area contributed by atoms with Gasteiger partial charge in [-0.05, 0) is 12.0 Å². The number of benzene rings is 1. The Labute approximate surface area is 103 Å². The molecule has 0 saturated heterocycles. The van der Waals surface area contributed by atoms with E-state index >= 15 is 0 Å². The lowest BCUT2D eigenvalue weighted by molar-refractivity contribution is 1.00. The fraction of sp³-hybridized carbons (Fsp3) is 0.429. The molecule has 1 aliphatic rings. The van der Waals surface area contributed by atoms with Crippen molar-refractivity contribution in [3.8, 4) is 0 Å². The third-order valence-electron chi connectivity index (χ3n) is 2.50. The fourth-order valence-corrected chi connectivity index (χ4v) is 1.55. The van der Waals surface area contributed by atoms with Crippen LogP contribution in [0.1, 0.15) is 38.3 Å². The second-order valence-corrected chi connectivity index (χ2v) is 3.61. The van der Waals surface area contributed by atoms with Crippen molar-refractivity contribution in [2.45, 2.75) is 33.6 Å². The summed E-state index contributed by atoms with van der Waals surface area (Å²) in [5.74, 6) is 1.45. The summed E-state index contributed by atoms with van der Waals surface area (Å²) in [6.45, 7) is 6.89. The van der Waals surface area contributed by atoms with Crippen LogP contribution in [0, 0.1) is 0 Å². The molecule has 0 fully saturated rings. The van der Waals surface area contributed by atoms with E-state index in [0.29, 0.717) is 5.84 Å². The van der Waals surface area contributed by atoms with Gasteiger partial charge in [0.05, 0.1) is 0 Å². The van der Waals surface area contributed by atoms with Gasteiger partial charge in [-0.25, -0.2) is 4.99 Å². The van der Waals surface area contributed by atoms with E-state index in [0.717, 1.165) is 30.8 Å². The molecular formula is C14H21N3. The Bertz CT molecular complexity index is 402. The zero-order valence-electron chi connectivity index (χ0n) is 10.9. The summed E-state index contributed by atoms with van der Waals surface area (Å²) in [4.78, 5) is 8.61. The SMILES string of the molecule is CC.CCc1ccc(C2=NCCC(N)=N2)cc1. The second-order valence-electron chi connectivity index (χ2n) is 3.61. The maximum absolute atomic E-state index is 5.69. The van der Waals surface area contributed by atoms with E-state index in [1.807, 2.05) is 13.8 Å². The van der Waals surface area contributed by atoms with Crippen LogP contribution in [0.2, 0.25) is 0 Å². The Morgan fingerprint density at radius 2 is 1.82 bits per heavy atom. The molecule has 0 atom stereocenters. The van der Waals surface area contributed by atoms with Gasteiger partial charge in [0.1, 0.15) is 5.84 Å². The molecule has 0 aliphatic carbocycles. The van der Waals surface area contributed by atoms with Crippen LogP contribution in [0.3, 0.4) is 0 Å². The average Bonchev–Trinajstić information content (AvgIpc) is 2.41. The molecule has 0 spiro atoms. The second kappa shape index (κ2) is 6.84. The lowest BCUT2D eigenvalue weighted by Crippen LogP contribution is -2.20. The molecule has 1 aromatic carbocycles. The lowest BCUT2D eigenvalue weighted by atomic mass is 10.1. The number of rotatable bonds is 2. The maximum atomic E-state index is 5.69. The Morgan fingerprint density at radius 3 is 2.35 bits per heavy atom. The molecule has 0 unspecified atom stereocenters. The molecular weight excluding hydrogens is 210 g/mol. The number of nitrogens with zero attached hydrogens (tertiary/aromatic N) is 2. The van der Waals surface area contributed by atoms with Crippen molar-refractivity contribution in [2.75, 3.05) is 6.54 Å². The first-order valence-electron chi connectivity index (χ1n) is 6.26. The van der Waals surface area contributed by atoms with Crippen molar-refractivity contribution in [3.05, 3.63) is 35.4 Å². The zero-order chi connectivity index (χ0) is 12.7. The lowest BCUT2D eigenvalue weighted by Gasteiger charge is -2.09. The van der Waals surface area contributed by atoms with Crippen molar-refractivity contribution in [2.24, 2.45) is 15.7 Å². The summed E-state index contributed by atoms with van der Waals surface area (Å²) in [5.41, 5.74) is 8.06. The minimum Gasteiger partial charge on any atom is -0.387 e. The van der Waals surface area contributed by atoms with Crippen molar-refractivity contribution in [3.63, 3.8) is 0 Å². The van der Waals surface area contributed by atoms with Crippen LogP contribution in [0.4, 0.5) is 0 Å². The third-order valence-corrected chi connectivity index (χ3v) is 2.50. The van der Waals surface area contributed by atoms with Gasteiger partial charge >= 0.3 is 0 Å². The quantitative estimate of drug-likeness (QED) is 0.836. The summed E-state index contributed by atoms with van der Waals surface area (Å²) < 4.78 is 0. The highest BCUT2D eigenvalue weighted by Gasteiger charge is 2.07. The Hall–Kier alpha value is -1.64. The zero-order valence-corrected chi connectivity index (χ0v) is 10.9. The predicted molar refractivity (Wildman–Crippen MR) is 74.8 cm³/mol. The maximum Gasteiger partial charge on any atom is 0.156 e. The van der Waals surface area contributed by atoms with Gasteiger partial charge < -0.3 is 5.73 Å². The van der Waals surface area contributed by atoms with E-state index in [1.54, 1.807) is 0 Å². The van der Waals surface area contributed by atoms with Gasteiger partial charge in [-0.1, -0.05) is 45.0 Å². The van der Waals surface area contributed by atoms with Gasteiger partial charge in [0, 0.05) is 18.5 Å². The average molecular weight is 231 g/mol. The number of hydrogen-bond donors (Lipinski definition) is 1. The molecule has 0 bridgehead atoms. The Kier molecular flexibility index (Phi) is 5.40. The van der Waals surface area contributed by atoms with E-state index < -0.39 is 0 Å². The van der Waals surface area contributed by atoms with Crippen LogP contribution in [-0.2, 0) is 6.42 Å². The monoisotopic (exact) mass is 231 g/mol. The molecule has 92 valence electrons. The summed E-state index contributed by atoms with van der Waals surface area (Å²) in [6.07, 6.45) is 1.83. The summed E-state index contributed by atoms with van der Waals surface area (Å²) in [5, 5.41) is 0. The minimum absolute atomic E-state index is 0.680. The predicted octanol–water partition coefficient (Wildman–Crippen LogP) is 2.78. The number of hydrogen-bond acceptors (Lipinski definition) is 3. The van der Waals surface area contributed by atoms with Crippen LogP contribution >= 0.6 is 0 Å². The van der Waals surface area contributed by atoms with Crippen molar-refractivity contribution < 1.29 is 0 Å². The van der Waals surface area contributed by atoms with Crippen molar-refractivity contribution >= 4 is 11.7 Å². The molecule has 1 aromatic rings. The molecule has 2 rings (SSSR count). The molecule has 0 saturated carbocycles. The van der Waals surface area contributed by atoms with E-state index in [1.165, 1.54) is 5.56 Å². The van der Waals surface area contributed by atoms with Crippen molar-refractivity contribution in [1.29, 1.82) is 0 Å². The van der Waals surface area contributed by atoms with Gasteiger partial charge in [0.25, 0.3) is 0 Å². The van der Waals surface area contributed by atoms with Gasteiger partial charge in [-0.15, -0.1) is 0 Å². The van der Waals surface area contributed by atoms with Gasteiger partial charge in [-0.2, -0.15) is 0 Å². The van der Waals surface area contributed by atoms with E-state index in [2.05, 4.69) is 41.2 Å². The van der Waals surface area contributed by atoms with Gasteiger partial charge in [0.2, 0.25) is 0 Å². The minimum atomic E-state index is 0.680. The molecule has 17 heavy (non-hydrogen) atoms. The molecule has 0 aromatic heterocycles. The highest BCUT2D eigenvalue weighted by atomic mass is 15.0. The number of aryl methyl sites for hydroxylation is 1. The summed E-state index contributed by atoms with van der Waals surface area (Å²) in [7, 11) is 0. The van der Waals surface area contributed by atoms with Crippen LogP contribution in [-0.4, -0.2) is 18.2 Å². The van der Waals surface area contributed by atoms with E-state index in [4.69, 9.17) is 5.73 Å².